The molecule has 10 heteroatoms. The van der Waals surface area contributed by atoms with Crippen LogP contribution >= 0.6 is 0 Å². The first-order valence-electron chi connectivity index (χ1n) is 8.86. The van der Waals surface area contributed by atoms with Crippen molar-refractivity contribution in [3.8, 4) is 5.69 Å². The van der Waals surface area contributed by atoms with Gasteiger partial charge in [-0.3, -0.25) is 19.0 Å². The molecule has 0 aliphatic rings. The molecule has 0 radical (unpaired) electrons. The molecule has 3 rings (SSSR count). The lowest BCUT2D eigenvalue weighted by Crippen LogP contribution is -2.40. The Kier molecular flexibility index (Phi) is 5.86. The number of hydrogen-bond acceptors (Lipinski definition) is 4. The number of nitrogens with one attached hydrogen (secondary N) is 2. The lowest BCUT2D eigenvalue weighted by atomic mass is 10.2. The Balaban J connectivity index is 1.73. The van der Waals surface area contributed by atoms with E-state index in [1.807, 2.05) is 0 Å². The van der Waals surface area contributed by atoms with Gasteiger partial charge in [0, 0.05) is 5.56 Å². The van der Waals surface area contributed by atoms with E-state index in [1.165, 1.54) is 16.7 Å². The zero-order valence-corrected chi connectivity index (χ0v) is 15.8. The summed E-state index contributed by atoms with van der Waals surface area (Å²) in [5.74, 6) is -1.12. The Hall–Kier alpha value is -3.69. The highest BCUT2D eigenvalue weighted by Gasteiger charge is 2.27. The minimum absolute atomic E-state index is 0.182. The van der Waals surface area contributed by atoms with E-state index in [-0.39, 0.29) is 11.1 Å². The smallest absolute Gasteiger partial charge is 0.345 e. The number of carbonyl (C=O) groups excluding carboxylic acids is 2. The average Bonchev–Trinajstić information content (AvgIpc) is 2.70. The molecule has 0 fully saturated rings. The maximum Gasteiger partial charge on any atom is 0.405 e. The van der Waals surface area contributed by atoms with E-state index in [1.54, 1.807) is 48.6 Å². The number of amides is 2. The summed E-state index contributed by atoms with van der Waals surface area (Å²) in [6.45, 7) is -0.373. The molecule has 156 valence electrons. The van der Waals surface area contributed by atoms with Crippen LogP contribution in [0.5, 0.6) is 0 Å². The average molecular weight is 418 g/mol. The number of alkyl halides is 3. The third-order valence-corrected chi connectivity index (χ3v) is 4.23. The van der Waals surface area contributed by atoms with Crippen molar-refractivity contribution in [2.75, 3.05) is 13.1 Å². The first-order chi connectivity index (χ1) is 14.2. The highest BCUT2D eigenvalue weighted by Crippen LogP contribution is 2.14. The van der Waals surface area contributed by atoms with Crippen molar-refractivity contribution in [1.82, 2.24) is 20.2 Å². The number of aryl methyl sites for hydroxylation is 1. The van der Waals surface area contributed by atoms with Crippen LogP contribution in [0.4, 0.5) is 13.2 Å². The Morgan fingerprint density at radius 1 is 1.03 bits per heavy atom. The van der Waals surface area contributed by atoms with Crippen molar-refractivity contribution in [2.24, 2.45) is 0 Å². The van der Waals surface area contributed by atoms with Gasteiger partial charge in [-0.25, -0.2) is 4.98 Å². The zero-order valence-electron chi connectivity index (χ0n) is 15.8. The summed E-state index contributed by atoms with van der Waals surface area (Å²) in [7, 11) is 0. The lowest BCUT2D eigenvalue weighted by Gasteiger charge is -2.12. The summed E-state index contributed by atoms with van der Waals surface area (Å²) in [5, 5.41) is 4.36. The second-order valence-electron chi connectivity index (χ2n) is 6.44. The standard InChI is InChI=1S/C20H17F3N4O3/c1-12-26-16-5-3-2-4-15(16)19(30)27(12)14-8-6-13(7-9-14)18(29)24-10-17(28)25-11-20(21,22)23/h2-9H,10-11H2,1H3,(H,24,29)(H,25,28). The Labute approximate surface area is 168 Å². The van der Waals surface area contributed by atoms with Crippen molar-refractivity contribution < 1.29 is 22.8 Å². The number of benzene rings is 2. The normalized spacial score (nSPS) is 11.3. The van der Waals surface area contributed by atoms with Crippen LogP contribution in [0.2, 0.25) is 0 Å². The Bertz CT molecular complexity index is 1150. The van der Waals surface area contributed by atoms with Crippen molar-refractivity contribution in [2.45, 2.75) is 13.1 Å². The molecule has 0 atom stereocenters. The molecule has 2 N–H and O–H groups in total. The van der Waals surface area contributed by atoms with E-state index in [2.05, 4.69) is 10.3 Å². The fourth-order valence-corrected chi connectivity index (χ4v) is 2.83. The molecule has 0 aliphatic heterocycles. The van der Waals surface area contributed by atoms with Gasteiger partial charge in [0.1, 0.15) is 12.4 Å². The molecule has 1 aromatic heterocycles. The Morgan fingerprint density at radius 2 is 1.70 bits per heavy atom. The monoisotopic (exact) mass is 418 g/mol. The van der Waals surface area contributed by atoms with Gasteiger partial charge in [0.15, 0.2) is 0 Å². The summed E-state index contributed by atoms with van der Waals surface area (Å²) in [6.07, 6.45) is -4.52. The van der Waals surface area contributed by atoms with Crippen molar-refractivity contribution in [3.63, 3.8) is 0 Å². The molecule has 0 saturated heterocycles. The maximum absolute atomic E-state index is 12.8. The van der Waals surface area contributed by atoms with Crippen LogP contribution in [-0.4, -0.2) is 40.6 Å². The number of aromatic nitrogens is 2. The van der Waals surface area contributed by atoms with Gasteiger partial charge in [-0.1, -0.05) is 12.1 Å². The largest absolute Gasteiger partial charge is 0.405 e. The molecule has 2 aromatic carbocycles. The van der Waals surface area contributed by atoms with Crippen LogP contribution in [0.25, 0.3) is 16.6 Å². The molecule has 7 nitrogen and oxygen atoms in total. The van der Waals surface area contributed by atoms with Gasteiger partial charge in [-0.15, -0.1) is 0 Å². The first-order valence-corrected chi connectivity index (χ1v) is 8.86. The highest BCUT2D eigenvalue weighted by atomic mass is 19.4. The van der Waals surface area contributed by atoms with E-state index in [4.69, 9.17) is 0 Å². The van der Waals surface area contributed by atoms with Gasteiger partial charge in [0.25, 0.3) is 11.5 Å². The second kappa shape index (κ2) is 8.36. The molecular formula is C20H17F3N4O3. The van der Waals surface area contributed by atoms with Gasteiger partial charge in [0.2, 0.25) is 5.91 Å². The van der Waals surface area contributed by atoms with Crippen LogP contribution in [0.1, 0.15) is 16.2 Å². The SMILES string of the molecule is Cc1nc2ccccc2c(=O)n1-c1ccc(C(=O)NCC(=O)NCC(F)(F)F)cc1. The summed E-state index contributed by atoms with van der Waals surface area (Å²) in [5.41, 5.74) is 1.00. The van der Waals surface area contributed by atoms with Crippen molar-refractivity contribution in [1.29, 1.82) is 0 Å². The second-order valence-corrected chi connectivity index (χ2v) is 6.44. The van der Waals surface area contributed by atoms with Crippen molar-refractivity contribution in [3.05, 3.63) is 70.3 Å². The number of rotatable bonds is 5. The van der Waals surface area contributed by atoms with Crippen molar-refractivity contribution >= 4 is 22.7 Å². The fraction of sp³-hybridized carbons (Fsp3) is 0.200. The van der Waals surface area contributed by atoms with Crippen LogP contribution in [0, 0.1) is 6.92 Å². The molecule has 0 saturated carbocycles. The number of fused-ring (bicyclic) bond motifs is 1. The quantitative estimate of drug-likeness (QED) is 0.664. The molecule has 1 heterocycles. The van der Waals surface area contributed by atoms with Crippen LogP contribution in [0.15, 0.2) is 53.3 Å². The molecule has 0 bridgehead atoms. The van der Waals surface area contributed by atoms with Crippen LogP contribution in [-0.2, 0) is 4.79 Å². The summed E-state index contributed by atoms with van der Waals surface area (Å²) in [6, 6.07) is 12.9. The van der Waals surface area contributed by atoms with E-state index in [0.717, 1.165) is 0 Å². The molecule has 0 unspecified atom stereocenters. The van der Waals surface area contributed by atoms with Crippen LogP contribution < -0.4 is 16.2 Å². The zero-order chi connectivity index (χ0) is 21.9. The predicted molar refractivity (Wildman–Crippen MR) is 103 cm³/mol. The topological polar surface area (TPSA) is 93.1 Å². The first kappa shape index (κ1) is 21.0. The van der Waals surface area contributed by atoms with E-state index < -0.39 is 31.1 Å². The molecule has 2 amide bonds. The Morgan fingerprint density at radius 3 is 2.37 bits per heavy atom. The summed E-state index contributed by atoms with van der Waals surface area (Å²) >= 11 is 0. The molecule has 0 aliphatic carbocycles. The predicted octanol–water partition coefficient (Wildman–Crippen LogP) is 2.10. The summed E-state index contributed by atoms with van der Waals surface area (Å²) < 4.78 is 37.6. The van der Waals surface area contributed by atoms with Crippen LogP contribution in [0.3, 0.4) is 0 Å². The number of nitrogens with zero attached hydrogens (tertiary/aromatic N) is 2. The van der Waals surface area contributed by atoms with Gasteiger partial charge in [-0.2, -0.15) is 13.2 Å². The van der Waals surface area contributed by atoms with E-state index in [0.29, 0.717) is 22.4 Å². The molecule has 0 spiro atoms. The highest BCUT2D eigenvalue weighted by molar-refractivity contribution is 5.96. The molecule has 3 aromatic rings. The third kappa shape index (κ3) is 4.83. The lowest BCUT2D eigenvalue weighted by molar-refractivity contribution is -0.137. The number of halogens is 3. The molecule has 30 heavy (non-hydrogen) atoms. The fourth-order valence-electron chi connectivity index (χ4n) is 2.83. The minimum atomic E-state index is -4.52. The molecular weight excluding hydrogens is 401 g/mol. The number of hydrogen-bond donors (Lipinski definition) is 2. The minimum Gasteiger partial charge on any atom is -0.345 e. The van der Waals surface area contributed by atoms with E-state index >= 15 is 0 Å². The number of para-hydroxylation sites is 1. The maximum atomic E-state index is 12.8. The van der Waals surface area contributed by atoms with E-state index in [9.17, 15) is 27.6 Å². The van der Waals surface area contributed by atoms with Gasteiger partial charge in [-0.05, 0) is 43.3 Å². The van der Waals surface area contributed by atoms with Gasteiger partial charge >= 0.3 is 6.18 Å². The van der Waals surface area contributed by atoms with Gasteiger partial charge < -0.3 is 10.6 Å². The number of carbonyl (C=O) groups is 2. The van der Waals surface area contributed by atoms with Gasteiger partial charge in [0.05, 0.1) is 23.1 Å². The summed E-state index contributed by atoms with van der Waals surface area (Å²) in [4.78, 5) is 40.7. The third-order valence-electron chi connectivity index (χ3n) is 4.23.